The van der Waals surface area contributed by atoms with Crippen LogP contribution < -0.4 is 16.8 Å². The van der Waals surface area contributed by atoms with Crippen LogP contribution in [0.1, 0.15) is 24.5 Å². The molecule has 1 unspecified atom stereocenters. The average Bonchev–Trinajstić information content (AvgIpc) is 2.23. The number of anilines is 2. The van der Waals surface area contributed by atoms with Gasteiger partial charge in [-0.3, -0.25) is 0 Å². The van der Waals surface area contributed by atoms with E-state index in [4.69, 9.17) is 11.5 Å². The molecule has 5 heteroatoms. The molecular weight excluding hydrogens is 178 g/mol. The summed E-state index contributed by atoms with van der Waals surface area (Å²) in [7, 11) is 0. The summed E-state index contributed by atoms with van der Waals surface area (Å²) in [5, 5.41) is 11.2. The Bertz CT molecular complexity index is 319. The van der Waals surface area contributed by atoms with Gasteiger partial charge in [-0.25, -0.2) is 0 Å². The Morgan fingerprint density at radius 1 is 1.36 bits per heavy atom. The van der Waals surface area contributed by atoms with Crippen LogP contribution in [0.5, 0.6) is 0 Å². The highest BCUT2D eigenvalue weighted by atomic mass is 15.2. The highest BCUT2D eigenvalue weighted by Gasteiger charge is 2.17. The van der Waals surface area contributed by atoms with E-state index in [1.165, 1.54) is 6.42 Å². The Morgan fingerprint density at radius 2 is 2.21 bits per heavy atom. The third-order valence-electron chi connectivity index (χ3n) is 2.59. The summed E-state index contributed by atoms with van der Waals surface area (Å²) in [4.78, 5) is 0. The lowest BCUT2D eigenvalue weighted by Crippen LogP contribution is -2.29. The fraction of sp³-hybridized carbons (Fsp3) is 0.556. The van der Waals surface area contributed by atoms with Crippen molar-refractivity contribution in [3.63, 3.8) is 0 Å². The summed E-state index contributed by atoms with van der Waals surface area (Å²) in [5.41, 5.74) is 12.7. The molecule has 2 rings (SSSR count). The van der Waals surface area contributed by atoms with E-state index in [1.807, 2.05) is 6.07 Å². The number of piperidine rings is 1. The van der Waals surface area contributed by atoms with Gasteiger partial charge in [0.2, 0.25) is 0 Å². The second-order valence-electron chi connectivity index (χ2n) is 3.65. The summed E-state index contributed by atoms with van der Waals surface area (Å²) in [6, 6.07) is 1.83. The highest BCUT2D eigenvalue weighted by molar-refractivity contribution is 5.57. The lowest BCUT2D eigenvalue weighted by Gasteiger charge is -2.21. The molecule has 0 aliphatic carbocycles. The normalized spacial score (nSPS) is 22.1. The molecule has 0 aromatic carbocycles. The van der Waals surface area contributed by atoms with E-state index in [1.54, 1.807) is 0 Å². The molecule has 14 heavy (non-hydrogen) atoms. The van der Waals surface area contributed by atoms with Crippen molar-refractivity contribution in [1.29, 1.82) is 0 Å². The minimum atomic E-state index is 0.317. The molecule has 5 N–H and O–H groups in total. The van der Waals surface area contributed by atoms with Gasteiger partial charge in [0.25, 0.3) is 0 Å². The van der Waals surface area contributed by atoms with Crippen molar-refractivity contribution in [2.24, 2.45) is 0 Å². The van der Waals surface area contributed by atoms with Crippen molar-refractivity contribution in [3.8, 4) is 0 Å². The maximum absolute atomic E-state index is 5.68. The molecule has 0 radical (unpaired) electrons. The Labute approximate surface area is 82.9 Å². The number of hydrogen-bond donors (Lipinski definition) is 3. The molecule has 0 bridgehead atoms. The van der Waals surface area contributed by atoms with Gasteiger partial charge in [0.1, 0.15) is 0 Å². The minimum Gasteiger partial charge on any atom is -0.396 e. The molecular formula is C9H15N5. The van der Waals surface area contributed by atoms with Crippen LogP contribution in [0, 0.1) is 0 Å². The molecule has 1 saturated heterocycles. The first-order valence-corrected chi connectivity index (χ1v) is 4.86. The maximum Gasteiger partial charge on any atom is 0.169 e. The number of nitrogens with one attached hydrogen (secondary N) is 1. The molecule has 0 amide bonds. The van der Waals surface area contributed by atoms with E-state index < -0.39 is 0 Å². The number of rotatable bonds is 1. The molecule has 2 heterocycles. The van der Waals surface area contributed by atoms with Crippen LogP contribution in [-0.2, 0) is 0 Å². The fourth-order valence-corrected chi connectivity index (χ4v) is 1.74. The van der Waals surface area contributed by atoms with Crippen LogP contribution >= 0.6 is 0 Å². The quantitative estimate of drug-likeness (QED) is 0.589. The van der Waals surface area contributed by atoms with E-state index in [-0.39, 0.29) is 0 Å². The molecule has 1 atom stereocenters. The zero-order chi connectivity index (χ0) is 9.97. The first-order chi connectivity index (χ1) is 6.77. The van der Waals surface area contributed by atoms with Gasteiger partial charge in [0.15, 0.2) is 5.82 Å². The molecule has 1 aromatic heterocycles. The van der Waals surface area contributed by atoms with Crippen LogP contribution in [-0.4, -0.2) is 23.3 Å². The smallest absolute Gasteiger partial charge is 0.169 e. The standard InChI is InChI=1S/C9H15N5/c10-7-4-8(13-14-9(7)11)6-2-1-3-12-5-6/h4,6,12H,1-3,5H2,(H2,10,13)(H2,11,14). The van der Waals surface area contributed by atoms with Gasteiger partial charge < -0.3 is 16.8 Å². The van der Waals surface area contributed by atoms with E-state index >= 15 is 0 Å². The fourth-order valence-electron chi connectivity index (χ4n) is 1.74. The Morgan fingerprint density at radius 3 is 2.86 bits per heavy atom. The lowest BCUT2D eigenvalue weighted by atomic mass is 9.96. The van der Waals surface area contributed by atoms with Crippen LogP contribution in [0.15, 0.2) is 6.07 Å². The predicted octanol–water partition coefficient (Wildman–Crippen LogP) is 0.108. The predicted molar refractivity (Wildman–Crippen MR) is 55.7 cm³/mol. The molecule has 1 fully saturated rings. The van der Waals surface area contributed by atoms with Crippen molar-refractivity contribution in [2.45, 2.75) is 18.8 Å². The van der Waals surface area contributed by atoms with Crippen LogP contribution in [0.3, 0.4) is 0 Å². The van der Waals surface area contributed by atoms with E-state index in [9.17, 15) is 0 Å². The molecule has 76 valence electrons. The van der Waals surface area contributed by atoms with Gasteiger partial charge >= 0.3 is 0 Å². The van der Waals surface area contributed by atoms with E-state index in [2.05, 4.69) is 15.5 Å². The second-order valence-corrected chi connectivity index (χ2v) is 3.65. The van der Waals surface area contributed by atoms with Crippen molar-refractivity contribution < 1.29 is 0 Å². The van der Waals surface area contributed by atoms with Crippen molar-refractivity contribution in [3.05, 3.63) is 11.8 Å². The van der Waals surface area contributed by atoms with Crippen molar-refractivity contribution in [1.82, 2.24) is 15.5 Å². The highest BCUT2D eigenvalue weighted by Crippen LogP contribution is 2.23. The van der Waals surface area contributed by atoms with Crippen LogP contribution in [0.4, 0.5) is 11.5 Å². The van der Waals surface area contributed by atoms with Gasteiger partial charge in [0.05, 0.1) is 11.4 Å². The number of hydrogen-bond acceptors (Lipinski definition) is 5. The summed E-state index contributed by atoms with van der Waals surface area (Å²) >= 11 is 0. The number of nitrogens with two attached hydrogens (primary N) is 2. The first kappa shape index (κ1) is 9.21. The summed E-state index contributed by atoms with van der Waals surface area (Å²) in [6.45, 7) is 2.05. The largest absolute Gasteiger partial charge is 0.396 e. The summed E-state index contributed by atoms with van der Waals surface area (Å²) < 4.78 is 0. The average molecular weight is 193 g/mol. The molecule has 1 aliphatic rings. The number of nitrogen functional groups attached to an aromatic ring is 2. The summed E-state index contributed by atoms with van der Waals surface area (Å²) in [5.74, 6) is 0.747. The van der Waals surface area contributed by atoms with Crippen molar-refractivity contribution in [2.75, 3.05) is 24.6 Å². The van der Waals surface area contributed by atoms with Crippen LogP contribution in [0.2, 0.25) is 0 Å². The Hall–Kier alpha value is -1.36. The maximum atomic E-state index is 5.68. The number of aromatic nitrogens is 2. The number of nitrogens with zero attached hydrogens (tertiary/aromatic N) is 2. The second kappa shape index (κ2) is 3.79. The SMILES string of the molecule is Nc1cc(C2CCCNC2)nnc1N. The molecule has 1 aliphatic heterocycles. The Kier molecular flexibility index (Phi) is 2.49. The van der Waals surface area contributed by atoms with E-state index in [0.717, 1.165) is 25.2 Å². The van der Waals surface area contributed by atoms with Gasteiger partial charge in [-0.15, -0.1) is 5.10 Å². The minimum absolute atomic E-state index is 0.317. The monoisotopic (exact) mass is 193 g/mol. The first-order valence-electron chi connectivity index (χ1n) is 4.86. The van der Waals surface area contributed by atoms with Gasteiger partial charge in [-0.2, -0.15) is 5.10 Å². The van der Waals surface area contributed by atoms with E-state index in [0.29, 0.717) is 17.4 Å². The molecule has 0 spiro atoms. The zero-order valence-electron chi connectivity index (χ0n) is 8.03. The zero-order valence-corrected chi connectivity index (χ0v) is 8.03. The topological polar surface area (TPSA) is 89.8 Å². The van der Waals surface area contributed by atoms with Crippen LogP contribution in [0.25, 0.3) is 0 Å². The third kappa shape index (κ3) is 1.77. The molecule has 5 nitrogen and oxygen atoms in total. The lowest BCUT2D eigenvalue weighted by molar-refractivity contribution is 0.452. The third-order valence-corrected chi connectivity index (χ3v) is 2.59. The Balaban J connectivity index is 2.18. The molecule has 0 saturated carbocycles. The van der Waals surface area contributed by atoms with Gasteiger partial charge in [0, 0.05) is 12.5 Å². The van der Waals surface area contributed by atoms with Gasteiger partial charge in [-0.1, -0.05) is 0 Å². The molecule has 1 aromatic rings. The van der Waals surface area contributed by atoms with Crippen molar-refractivity contribution >= 4 is 11.5 Å². The van der Waals surface area contributed by atoms with Gasteiger partial charge in [-0.05, 0) is 25.5 Å². The summed E-state index contributed by atoms with van der Waals surface area (Å²) in [6.07, 6.45) is 2.32.